The zero-order valence-electron chi connectivity index (χ0n) is 13.9. The van der Waals surface area contributed by atoms with Crippen LogP contribution in [0.3, 0.4) is 0 Å². The first-order chi connectivity index (χ1) is 10.6. The minimum atomic E-state index is -0.828. The van der Waals surface area contributed by atoms with Crippen molar-refractivity contribution in [1.29, 1.82) is 0 Å². The second-order valence-corrected chi connectivity index (χ2v) is 6.08. The fourth-order valence-corrected chi connectivity index (χ4v) is 2.86. The molecule has 0 bridgehead atoms. The Morgan fingerprint density at radius 2 is 2.00 bits per heavy atom. The normalized spacial score (nSPS) is 21.5. The third-order valence-corrected chi connectivity index (χ3v) is 4.37. The lowest BCUT2D eigenvalue weighted by Gasteiger charge is -2.33. The van der Waals surface area contributed by atoms with Crippen LogP contribution in [0.25, 0.3) is 0 Å². The predicted octanol–water partition coefficient (Wildman–Crippen LogP) is 3.26. The average molecular weight is 312 g/mol. The van der Waals surface area contributed by atoms with Crippen molar-refractivity contribution >= 4 is 6.09 Å². The van der Waals surface area contributed by atoms with Crippen molar-refractivity contribution in [3.05, 3.63) is 12.7 Å². The predicted molar refractivity (Wildman–Crippen MR) is 89.3 cm³/mol. The van der Waals surface area contributed by atoms with Gasteiger partial charge in [-0.1, -0.05) is 6.08 Å². The highest BCUT2D eigenvalue weighted by atomic mass is 16.5. The van der Waals surface area contributed by atoms with E-state index in [1.54, 1.807) is 7.05 Å². The fourth-order valence-electron chi connectivity index (χ4n) is 2.86. The molecule has 0 radical (unpaired) electrons. The van der Waals surface area contributed by atoms with Crippen molar-refractivity contribution in [3.63, 3.8) is 0 Å². The Labute approximate surface area is 134 Å². The van der Waals surface area contributed by atoms with Crippen LogP contribution in [-0.4, -0.2) is 55.0 Å². The van der Waals surface area contributed by atoms with E-state index in [1.807, 2.05) is 6.08 Å². The van der Waals surface area contributed by atoms with Gasteiger partial charge in [0.05, 0.1) is 6.10 Å². The number of nitrogens with one attached hydrogen (secondary N) is 1. The standard InChI is InChI=1S/C17H32N2O3/c1-3-4-12-18-13-6-5-7-14-22-16-10-8-15(9-11-16)19(2)17(20)21/h3,15-16,18H,1,4-14H2,2H3,(H,20,21)/t15-,16-. The van der Waals surface area contributed by atoms with Crippen molar-refractivity contribution in [2.45, 2.75) is 63.5 Å². The number of carboxylic acid groups (broad SMARTS) is 1. The molecule has 5 heteroatoms. The SMILES string of the molecule is C=CCCNCCCCCO[C@H]1CC[C@H](N(C)C(=O)O)CC1. The van der Waals surface area contributed by atoms with Gasteiger partial charge in [-0.25, -0.2) is 4.79 Å². The number of amides is 1. The van der Waals surface area contributed by atoms with E-state index >= 15 is 0 Å². The molecule has 0 aromatic rings. The first-order valence-electron chi connectivity index (χ1n) is 8.54. The molecule has 1 fully saturated rings. The van der Waals surface area contributed by atoms with E-state index in [9.17, 15) is 4.79 Å². The lowest BCUT2D eigenvalue weighted by molar-refractivity contribution is 0.0100. The molecule has 1 aliphatic carbocycles. The molecule has 22 heavy (non-hydrogen) atoms. The van der Waals surface area contributed by atoms with Crippen molar-refractivity contribution in [2.75, 3.05) is 26.7 Å². The molecule has 128 valence electrons. The van der Waals surface area contributed by atoms with E-state index in [1.165, 1.54) is 17.7 Å². The average Bonchev–Trinajstić information content (AvgIpc) is 2.53. The minimum absolute atomic E-state index is 0.166. The Bertz CT molecular complexity index is 315. The number of hydrogen-bond donors (Lipinski definition) is 2. The molecule has 0 aliphatic heterocycles. The van der Waals surface area contributed by atoms with Gasteiger partial charge in [0.25, 0.3) is 0 Å². The Balaban J connectivity index is 1.95. The van der Waals surface area contributed by atoms with E-state index in [0.717, 1.165) is 58.2 Å². The van der Waals surface area contributed by atoms with Gasteiger partial charge in [-0.05, 0) is 64.5 Å². The van der Waals surface area contributed by atoms with Crippen LogP contribution < -0.4 is 5.32 Å². The topological polar surface area (TPSA) is 61.8 Å². The monoisotopic (exact) mass is 312 g/mol. The second kappa shape index (κ2) is 11.5. The number of hydrogen-bond acceptors (Lipinski definition) is 3. The molecular formula is C17H32N2O3. The van der Waals surface area contributed by atoms with E-state index in [-0.39, 0.29) is 6.04 Å². The Morgan fingerprint density at radius 1 is 1.27 bits per heavy atom. The summed E-state index contributed by atoms with van der Waals surface area (Å²) < 4.78 is 5.92. The summed E-state index contributed by atoms with van der Waals surface area (Å²) in [5.74, 6) is 0. The van der Waals surface area contributed by atoms with Crippen molar-refractivity contribution < 1.29 is 14.6 Å². The van der Waals surface area contributed by atoms with Crippen molar-refractivity contribution in [1.82, 2.24) is 10.2 Å². The zero-order chi connectivity index (χ0) is 16.2. The van der Waals surface area contributed by atoms with Crippen LogP contribution in [0.2, 0.25) is 0 Å². The third-order valence-electron chi connectivity index (χ3n) is 4.37. The highest BCUT2D eigenvalue weighted by Gasteiger charge is 2.26. The van der Waals surface area contributed by atoms with Gasteiger partial charge in [-0.3, -0.25) is 0 Å². The van der Waals surface area contributed by atoms with Gasteiger partial charge in [0.2, 0.25) is 0 Å². The van der Waals surface area contributed by atoms with E-state index in [2.05, 4.69) is 11.9 Å². The summed E-state index contributed by atoms with van der Waals surface area (Å²) in [5.41, 5.74) is 0. The van der Waals surface area contributed by atoms with Gasteiger partial charge in [-0.2, -0.15) is 0 Å². The molecule has 1 rings (SSSR count). The summed E-state index contributed by atoms with van der Waals surface area (Å²) in [5, 5.41) is 12.4. The minimum Gasteiger partial charge on any atom is -0.465 e. The summed E-state index contributed by atoms with van der Waals surface area (Å²) >= 11 is 0. The maximum atomic E-state index is 10.9. The van der Waals surface area contributed by atoms with E-state index in [4.69, 9.17) is 9.84 Å². The molecule has 0 aromatic carbocycles. The highest BCUT2D eigenvalue weighted by Crippen LogP contribution is 2.24. The van der Waals surface area contributed by atoms with Crippen LogP contribution in [0, 0.1) is 0 Å². The molecule has 0 aromatic heterocycles. The number of ether oxygens (including phenoxy) is 1. The molecule has 0 atom stereocenters. The van der Waals surface area contributed by atoms with Crippen LogP contribution in [0.5, 0.6) is 0 Å². The smallest absolute Gasteiger partial charge is 0.407 e. The van der Waals surface area contributed by atoms with E-state index < -0.39 is 6.09 Å². The van der Waals surface area contributed by atoms with Crippen LogP contribution in [0.1, 0.15) is 51.4 Å². The molecule has 2 N–H and O–H groups in total. The lowest BCUT2D eigenvalue weighted by Crippen LogP contribution is -2.39. The molecule has 0 heterocycles. The van der Waals surface area contributed by atoms with Crippen LogP contribution in [-0.2, 0) is 4.74 Å². The maximum absolute atomic E-state index is 10.9. The number of rotatable bonds is 11. The number of unbranched alkanes of at least 4 members (excludes halogenated alkanes) is 2. The molecule has 1 amide bonds. The number of nitrogens with zero attached hydrogens (tertiary/aromatic N) is 1. The van der Waals surface area contributed by atoms with Crippen LogP contribution in [0.4, 0.5) is 4.79 Å². The van der Waals surface area contributed by atoms with Gasteiger partial charge >= 0.3 is 6.09 Å². The molecule has 1 saturated carbocycles. The van der Waals surface area contributed by atoms with Gasteiger partial charge in [0, 0.05) is 19.7 Å². The van der Waals surface area contributed by atoms with E-state index in [0.29, 0.717) is 6.10 Å². The van der Waals surface area contributed by atoms with Gasteiger partial charge in [0.1, 0.15) is 0 Å². The number of carbonyl (C=O) groups is 1. The third kappa shape index (κ3) is 7.80. The summed E-state index contributed by atoms with van der Waals surface area (Å²) in [6.45, 7) is 6.62. The molecule has 1 aliphatic rings. The maximum Gasteiger partial charge on any atom is 0.407 e. The largest absolute Gasteiger partial charge is 0.465 e. The molecule has 0 saturated heterocycles. The second-order valence-electron chi connectivity index (χ2n) is 6.08. The molecule has 0 spiro atoms. The summed E-state index contributed by atoms with van der Waals surface area (Å²) in [4.78, 5) is 12.4. The van der Waals surface area contributed by atoms with Gasteiger partial charge in [0.15, 0.2) is 0 Å². The summed E-state index contributed by atoms with van der Waals surface area (Å²) in [6.07, 6.45) is 9.74. The fraction of sp³-hybridized carbons (Fsp3) is 0.824. The Morgan fingerprint density at radius 3 is 2.64 bits per heavy atom. The zero-order valence-corrected chi connectivity index (χ0v) is 13.9. The lowest BCUT2D eigenvalue weighted by atomic mass is 9.92. The van der Waals surface area contributed by atoms with Crippen LogP contribution >= 0.6 is 0 Å². The Kier molecular flexibility index (Phi) is 9.91. The quantitative estimate of drug-likeness (QED) is 0.454. The molecule has 5 nitrogen and oxygen atoms in total. The van der Waals surface area contributed by atoms with Crippen molar-refractivity contribution in [2.24, 2.45) is 0 Å². The van der Waals surface area contributed by atoms with Gasteiger partial charge < -0.3 is 20.1 Å². The van der Waals surface area contributed by atoms with Gasteiger partial charge in [-0.15, -0.1) is 6.58 Å². The first-order valence-corrected chi connectivity index (χ1v) is 8.54. The first kappa shape index (κ1) is 19.0. The van der Waals surface area contributed by atoms with Crippen molar-refractivity contribution in [3.8, 4) is 0 Å². The highest BCUT2D eigenvalue weighted by molar-refractivity contribution is 5.64. The Hall–Kier alpha value is -1.07. The van der Waals surface area contributed by atoms with Crippen LogP contribution in [0.15, 0.2) is 12.7 Å². The molecule has 0 unspecified atom stereocenters. The summed E-state index contributed by atoms with van der Waals surface area (Å²) in [7, 11) is 1.66. The summed E-state index contributed by atoms with van der Waals surface area (Å²) in [6, 6.07) is 0.166. The molecular weight excluding hydrogens is 280 g/mol.